The van der Waals surface area contributed by atoms with Crippen LogP contribution in [0.2, 0.25) is 0 Å². The summed E-state index contributed by atoms with van der Waals surface area (Å²) in [5.74, 6) is -0.00732. The van der Waals surface area contributed by atoms with E-state index in [-0.39, 0.29) is 12.0 Å². The molecule has 1 N–H and O–H groups in total. The predicted molar refractivity (Wildman–Crippen MR) is 81.4 cm³/mol. The zero-order valence-corrected chi connectivity index (χ0v) is 12.7. The Hall–Kier alpha value is -1.56. The van der Waals surface area contributed by atoms with Gasteiger partial charge in [0.25, 0.3) is 0 Å². The summed E-state index contributed by atoms with van der Waals surface area (Å²) in [5.41, 5.74) is 1.44. The standard InChI is InChI=1S/C14H17BrN2O3/c15-7-2-1-6-13(18)16-11-4-3-5-12(10-11)17-8-9-20-14(17)19/h3-5,10H,1-2,6-9H2,(H,16,18). The highest BCUT2D eigenvalue weighted by molar-refractivity contribution is 9.09. The number of cyclic esters (lactones) is 1. The van der Waals surface area contributed by atoms with E-state index in [1.54, 1.807) is 11.0 Å². The molecule has 0 aromatic heterocycles. The smallest absolute Gasteiger partial charge is 0.414 e. The number of nitrogens with one attached hydrogen (secondary N) is 1. The average molecular weight is 341 g/mol. The van der Waals surface area contributed by atoms with Gasteiger partial charge in [-0.05, 0) is 31.0 Å². The Morgan fingerprint density at radius 2 is 2.25 bits per heavy atom. The molecule has 2 rings (SSSR count). The summed E-state index contributed by atoms with van der Waals surface area (Å²) >= 11 is 3.34. The van der Waals surface area contributed by atoms with Crippen molar-refractivity contribution in [3.8, 4) is 0 Å². The number of carbonyl (C=O) groups excluding carboxylic acids is 2. The molecular weight excluding hydrogens is 324 g/mol. The van der Waals surface area contributed by atoms with Crippen LogP contribution in [0.5, 0.6) is 0 Å². The van der Waals surface area contributed by atoms with Crippen LogP contribution in [0.15, 0.2) is 24.3 Å². The molecule has 108 valence electrons. The van der Waals surface area contributed by atoms with Crippen LogP contribution >= 0.6 is 15.9 Å². The van der Waals surface area contributed by atoms with E-state index in [1.165, 1.54) is 0 Å². The lowest BCUT2D eigenvalue weighted by molar-refractivity contribution is -0.116. The summed E-state index contributed by atoms with van der Waals surface area (Å²) < 4.78 is 4.90. The van der Waals surface area contributed by atoms with Gasteiger partial charge in [0.1, 0.15) is 6.61 Å². The maximum absolute atomic E-state index is 11.8. The molecule has 6 heteroatoms. The van der Waals surface area contributed by atoms with Gasteiger partial charge in [-0.15, -0.1) is 0 Å². The second kappa shape index (κ2) is 7.28. The van der Waals surface area contributed by atoms with Crippen LogP contribution in [0.4, 0.5) is 16.2 Å². The molecule has 1 heterocycles. The Bertz CT molecular complexity index is 493. The minimum Gasteiger partial charge on any atom is -0.447 e. The molecule has 1 aliphatic heterocycles. The van der Waals surface area contributed by atoms with Gasteiger partial charge in [0, 0.05) is 23.1 Å². The van der Waals surface area contributed by atoms with Crippen LogP contribution in [0, 0.1) is 0 Å². The maximum Gasteiger partial charge on any atom is 0.414 e. The average Bonchev–Trinajstić information content (AvgIpc) is 2.85. The highest BCUT2D eigenvalue weighted by Crippen LogP contribution is 2.22. The number of hydrogen-bond acceptors (Lipinski definition) is 3. The molecule has 0 unspecified atom stereocenters. The number of ether oxygens (including phenoxy) is 1. The third-order valence-corrected chi connectivity index (χ3v) is 3.55. The maximum atomic E-state index is 11.8. The number of alkyl halides is 1. The highest BCUT2D eigenvalue weighted by Gasteiger charge is 2.23. The Morgan fingerprint density at radius 3 is 2.95 bits per heavy atom. The van der Waals surface area contributed by atoms with Crippen molar-refractivity contribution < 1.29 is 14.3 Å². The number of carbonyl (C=O) groups is 2. The number of nitrogens with zero attached hydrogens (tertiary/aromatic N) is 1. The van der Waals surface area contributed by atoms with E-state index in [0.717, 1.165) is 23.9 Å². The van der Waals surface area contributed by atoms with E-state index in [1.807, 2.05) is 18.2 Å². The van der Waals surface area contributed by atoms with Crippen molar-refractivity contribution in [2.75, 3.05) is 28.7 Å². The molecule has 1 saturated heterocycles. The van der Waals surface area contributed by atoms with Crippen LogP contribution < -0.4 is 10.2 Å². The van der Waals surface area contributed by atoms with Crippen molar-refractivity contribution in [3.05, 3.63) is 24.3 Å². The quantitative estimate of drug-likeness (QED) is 0.639. The van der Waals surface area contributed by atoms with Crippen molar-refractivity contribution in [1.82, 2.24) is 0 Å². The van der Waals surface area contributed by atoms with Gasteiger partial charge in [-0.2, -0.15) is 0 Å². The largest absolute Gasteiger partial charge is 0.447 e. The Kier molecular flexibility index (Phi) is 5.40. The molecule has 0 bridgehead atoms. The third-order valence-electron chi connectivity index (χ3n) is 2.99. The summed E-state index contributed by atoms with van der Waals surface area (Å²) in [6.45, 7) is 0.948. The highest BCUT2D eigenvalue weighted by atomic mass is 79.9. The fraction of sp³-hybridized carbons (Fsp3) is 0.429. The molecule has 2 amide bonds. The Labute approximate surface area is 126 Å². The fourth-order valence-electron chi connectivity index (χ4n) is 1.98. The molecular formula is C14H17BrN2O3. The number of halogens is 1. The van der Waals surface area contributed by atoms with Gasteiger partial charge in [0.15, 0.2) is 0 Å². The van der Waals surface area contributed by atoms with E-state index in [2.05, 4.69) is 21.2 Å². The number of benzene rings is 1. The van der Waals surface area contributed by atoms with E-state index in [0.29, 0.717) is 25.3 Å². The molecule has 0 aliphatic carbocycles. The molecule has 0 atom stereocenters. The van der Waals surface area contributed by atoms with Gasteiger partial charge in [-0.3, -0.25) is 9.69 Å². The number of rotatable bonds is 6. The number of amides is 2. The lowest BCUT2D eigenvalue weighted by Crippen LogP contribution is -2.23. The van der Waals surface area contributed by atoms with Crippen LogP contribution in [-0.4, -0.2) is 30.5 Å². The minimum atomic E-state index is -0.342. The summed E-state index contributed by atoms with van der Waals surface area (Å²) in [4.78, 5) is 24.8. The molecule has 0 saturated carbocycles. The van der Waals surface area contributed by atoms with Gasteiger partial charge in [-0.1, -0.05) is 22.0 Å². The lowest BCUT2D eigenvalue weighted by Gasteiger charge is -2.14. The monoisotopic (exact) mass is 340 g/mol. The van der Waals surface area contributed by atoms with Gasteiger partial charge >= 0.3 is 6.09 Å². The Morgan fingerprint density at radius 1 is 1.40 bits per heavy atom. The van der Waals surface area contributed by atoms with Gasteiger partial charge in [0.05, 0.1) is 6.54 Å². The summed E-state index contributed by atoms with van der Waals surface area (Å²) in [7, 11) is 0. The second-order valence-corrected chi connectivity index (χ2v) is 5.30. The molecule has 1 aromatic rings. The second-order valence-electron chi connectivity index (χ2n) is 4.51. The van der Waals surface area contributed by atoms with E-state index < -0.39 is 0 Å². The molecule has 1 aromatic carbocycles. The normalized spacial score (nSPS) is 14.2. The van der Waals surface area contributed by atoms with Crippen molar-refractivity contribution in [1.29, 1.82) is 0 Å². The summed E-state index contributed by atoms with van der Waals surface area (Å²) in [6, 6.07) is 7.24. The number of anilines is 2. The topological polar surface area (TPSA) is 58.6 Å². The first kappa shape index (κ1) is 14.8. The van der Waals surface area contributed by atoms with Crippen LogP contribution in [0.1, 0.15) is 19.3 Å². The van der Waals surface area contributed by atoms with Crippen molar-refractivity contribution >= 4 is 39.3 Å². The summed E-state index contributed by atoms with van der Waals surface area (Å²) in [6.07, 6.45) is 2.00. The molecule has 1 fully saturated rings. The first-order valence-corrected chi connectivity index (χ1v) is 7.73. The van der Waals surface area contributed by atoms with Gasteiger partial charge in [0.2, 0.25) is 5.91 Å². The van der Waals surface area contributed by atoms with Crippen molar-refractivity contribution in [2.24, 2.45) is 0 Å². The third kappa shape index (κ3) is 3.96. The SMILES string of the molecule is O=C(CCCCBr)Nc1cccc(N2CCOC2=O)c1. The molecule has 0 spiro atoms. The van der Waals surface area contributed by atoms with Crippen molar-refractivity contribution in [3.63, 3.8) is 0 Å². The van der Waals surface area contributed by atoms with Crippen LogP contribution in [0.3, 0.4) is 0 Å². The zero-order chi connectivity index (χ0) is 14.4. The molecule has 20 heavy (non-hydrogen) atoms. The lowest BCUT2D eigenvalue weighted by atomic mass is 10.2. The number of unbranched alkanes of at least 4 members (excludes halogenated alkanes) is 1. The first-order valence-electron chi connectivity index (χ1n) is 6.61. The zero-order valence-electron chi connectivity index (χ0n) is 11.1. The molecule has 0 radical (unpaired) electrons. The minimum absolute atomic E-state index is 0.00732. The molecule has 1 aliphatic rings. The van der Waals surface area contributed by atoms with Gasteiger partial charge < -0.3 is 10.1 Å². The fourth-order valence-corrected chi connectivity index (χ4v) is 2.38. The van der Waals surface area contributed by atoms with E-state index >= 15 is 0 Å². The van der Waals surface area contributed by atoms with Crippen LogP contribution in [0.25, 0.3) is 0 Å². The van der Waals surface area contributed by atoms with Crippen LogP contribution in [-0.2, 0) is 9.53 Å². The van der Waals surface area contributed by atoms with E-state index in [9.17, 15) is 9.59 Å². The van der Waals surface area contributed by atoms with Crippen molar-refractivity contribution in [2.45, 2.75) is 19.3 Å². The Balaban J connectivity index is 1.95. The first-order chi connectivity index (χ1) is 9.70. The van der Waals surface area contributed by atoms with Gasteiger partial charge in [-0.25, -0.2) is 4.79 Å². The van der Waals surface area contributed by atoms with E-state index in [4.69, 9.17) is 4.74 Å². The predicted octanol–water partition coefficient (Wildman–Crippen LogP) is 3.15. The summed E-state index contributed by atoms with van der Waals surface area (Å²) in [5, 5.41) is 3.76. The number of hydrogen-bond donors (Lipinski definition) is 1. The molecule has 5 nitrogen and oxygen atoms in total.